The van der Waals surface area contributed by atoms with Crippen LogP contribution in [0.5, 0.6) is 0 Å². The highest BCUT2D eigenvalue weighted by Crippen LogP contribution is 2.25. The normalized spacial score (nSPS) is 11.0. The van der Waals surface area contributed by atoms with E-state index in [9.17, 15) is 0 Å². The van der Waals surface area contributed by atoms with Crippen LogP contribution in [0.25, 0.3) is 11.5 Å². The van der Waals surface area contributed by atoms with Crippen LogP contribution >= 0.6 is 11.8 Å². The molecule has 3 aromatic rings. The van der Waals surface area contributed by atoms with E-state index in [0.29, 0.717) is 28.6 Å². The second-order valence-electron chi connectivity index (χ2n) is 4.47. The van der Waals surface area contributed by atoms with E-state index < -0.39 is 0 Å². The smallest absolute Gasteiger partial charge is 0.277 e. The van der Waals surface area contributed by atoms with E-state index in [0.717, 1.165) is 12.0 Å². The lowest BCUT2D eigenvalue weighted by Gasteiger charge is -1.95. The largest absolute Gasteiger partial charge is 0.424 e. The summed E-state index contributed by atoms with van der Waals surface area (Å²) in [6.07, 6.45) is 0.732. The third-order valence-corrected chi connectivity index (χ3v) is 3.64. The summed E-state index contributed by atoms with van der Waals surface area (Å²) in [6, 6.07) is 7.94. The lowest BCUT2D eigenvalue weighted by Crippen LogP contribution is -1.80. The molecule has 1 aromatic carbocycles. The van der Waals surface area contributed by atoms with Crippen molar-refractivity contribution >= 4 is 11.8 Å². The number of aryl methyl sites for hydroxylation is 2. The van der Waals surface area contributed by atoms with Crippen LogP contribution in [0.15, 0.2) is 38.3 Å². The zero-order valence-corrected chi connectivity index (χ0v) is 12.6. The Morgan fingerprint density at radius 2 is 1.71 bits per heavy atom. The SMILES string of the molecule is CCc1nnc(CSc2nnc(-c3ccc(C)cc3)o2)o1. The summed E-state index contributed by atoms with van der Waals surface area (Å²) in [5.74, 6) is 2.23. The van der Waals surface area contributed by atoms with Crippen molar-refractivity contribution in [1.82, 2.24) is 20.4 Å². The van der Waals surface area contributed by atoms with Gasteiger partial charge in [0.15, 0.2) is 0 Å². The van der Waals surface area contributed by atoms with Gasteiger partial charge in [-0.25, -0.2) is 0 Å². The summed E-state index contributed by atoms with van der Waals surface area (Å²) < 4.78 is 11.0. The molecule has 0 bridgehead atoms. The molecule has 0 radical (unpaired) electrons. The lowest BCUT2D eigenvalue weighted by molar-refractivity contribution is 0.458. The van der Waals surface area contributed by atoms with Crippen molar-refractivity contribution in [3.63, 3.8) is 0 Å². The Labute approximate surface area is 126 Å². The number of benzene rings is 1. The summed E-state index contributed by atoms with van der Waals surface area (Å²) >= 11 is 1.38. The summed E-state index contributed by atoms with van der Waals surface area (Å²) in [5.41, 5.74) is 2.10. The molecule has 21 heavy (non-hydrogen) atoms. The zero-order valence-electron chi connectivity index (χ0n) is 11.7. The number of nitrogens with zero attached hydrogens (tertiary/aromatic N) is 4. The van der Waals surface area contributed by atoms with Gasteiger partial charge >= 0.3 is 0 Å². The van der Waals surface area contributed by atoms with Crippen molar-refractivity contribution in [3.8, 4) is 11.5 Å². The van der Waals surface area contributed by atoms with Crippen molar-refractivity contribution in [1.29, 1.82) is 0 Å². The maximum absolute atomic E-state index is 5.62. The molecular formula is C14H14N4O2S. The first-order valence-electron chi connectivity index (χ1n) is 6.59. The van der Waals surface area contributed by atoms with E-state index in [4.69, 9.17) is 8.83 Å². The first kappa shape index (κ1) is 13.8. The summed E-state index contributed by atoms with van der Waals surface area (Å²) in [7, 11) is 0. The standard InChI is InChI=1S/C14H14N4O2S/c1-3-11-15-16-12(19-11)8-21-14-18-17-13(20-14)10-6-4-9(2)5-7-10/h4-7H,3,8H2,1-2H3. The van der Waals surface area contributed by atoms with Crippen molar-refractivity contribution < 1.29 is 8.83 Å². The molecule has 108 valence electrons. The fraction of sp³-hybridized carbons (Fsp3) is 0.286. The molecule has 0 aliphatic carbocycles. The van der Waals surface area contributed by atoms with Crippen LogP contribution in [0, 0.1) is 6.92 Å². The Morgan fingerprint density at radius 1 is 0.952 bits per heavy atom. The molecule has 3 rings (SSSR count). The Hall–Kier alpha value is -2.15. The molecule has 7 heteroatoms. The Bertz CT molecular complexity index is 721. The minimum absolute atomic E-state index is 0.488. The molecule has 0 unspecified atom stereocenters. The van der Waals surface area contributed by atoms with Gasteiger partial charge in [-0.3, -0.25) is 0 Å². The van der Waals surface area contributed by atoms with Crippen molar-refractivity contribution in [3.05, 3.63) is 41.6 Å². The fourth-order valence-electron chi connectivity index (χ4n) is 1.69. The molecule has 0 fully saturated rings. The molecular weight excluding hydrogens is 288 g/mol. The molecule has 0 N–H and O–H groups in total. The third-order valence-electron chi connectivity index (χ3n) is 2.84. The van der Waals surface area contributed by atoms with Gasteiger partial charge in [0.05, 0.1) is 5.75 Å². The summed E-state index contributed by atoms with van der Waals surface area (Å²) in [5, 5.41) is 16.4. The molecule has 0 spiro atoms. The molecule has 0 amide bonds. The number of rotatable bonds is 5. The van der Waals surface area contributed by atoms with Gasteiger partial charge in [0.2, 0.25) is 17.7 Å². The lowest BCUT2D eigenvalue weighted by atomic mass is 10.1. The summed E-state index contributed by atoms with van der Waals surface area (Å²) in [4.78, 5) is 0. The minimum atomic E-state index is 0.488. The maximum atomic E-state index is 5.62. The molecule has 6 nitrogen and oxygen atoms in total. The van der Waals surface area contributed by atoms with E-state index in [-0.39, 0.29) is 0 Å². The van der Waals surface area contributed by atoms with E-state index >= 15 is 0 Å². The van der Waals surface area contributed by atoms with E-state index in [1.807, 2.05) is 38.1 Å². The quantitative estimate of drug-likeness (QED) is 0.669. The van der Waals surface area contributed by atoms with Crippen LogP contribution < -0.4 is 0 Å². The fourth-order valence-corrected chi connectivity index (χ4v) is 2.29. The molecule has 0 saturated carbocycles. The van der Waals surface area contributed by atoms with Gasteiger partial charge in [0, 0.05) is 12.0 Å². The molecule has 0 aliphatic heterocycles. The molecule has 2 aromatic heterocycles. The van der Waals surface area contributed by atoms with Gasteiger partial charge in [-0.15, -0.1) is 20.4 Å². The first-order chi connectivity index (χ1) is 10.2. The highest BCUT2D eigenvalue weighted by molar-refractivity contribution is 7.98. The van der Waals surface area contributed by atoms with Gasteiger partial charge in [-0.05, 0) is 19.1 Å². The van der Waals surface area contributed by atoms with Crippen molar-refractivity contribution in [2.45, 2.75) is 31.2 Å². The van der Waals surface area contributed by atoms with Crippen LogP contribution in [0.3, 0.4) is 0 Å². The zero-order chi connectivity index (χ0) is 14.7. The van der Waals surface area contributed by atoms with Crippen molar-refractivity contribution in [2.75, 3.05) is 0 Å². The van der Waals surface area contributed by atoms with Crippen LogP contribution in [0.1, 0.15) is 24.3 Å². The van der Waals surface area contributed by atoms with Crippen LogP contribution in [-0.4, -0.2) is 20.4 Å². The molecule has 2 heterocycles. The van der Waals surface area contributed by atoms with Gasteiger partial charge in [0.1, 0.15) is 0 Å². The summed E-state index contributed by atoms with van der Waals surface area (Å²) in [6.45, 7) is 4.00. The van der Waals surface area contributed by atoms with Crippen LogP contribution in [0.2, 0.25) is 0 Å². The van der Waals surface area contributed by atoms with E-state index in [1.54, 1.807) is 0 Å². The second kappa shape index (κ2) is 6.09. The Balaban J connectivity index is 1.66. The predicted molar refractivity (Wildman–Crippen MR) is 77.7 cm³/mol. The van der Waals surface area contributed by atoms with E-state index in [2.05, 4.69) is 20.4 Å². The molecule has 0 aliphatic rings. The number of hydrogen-bond acceptors (Lipinski definition) is 7. The van der Waals surface area contributed by atoms with Gasteiger partial charge < -0.3 is 8.83 Å². The highest BCUT2D eigenvalue weighted by Gasteiger charge is 2.11. The molecule has 0 saturated heterocycles. The second-order valence-corrected chi connectivity index (χ2v) is 5.40. The number of thioether (sulfide) groups is 1. The van der Waals surface area contributed by atoms with Gasteiger partial charge in [-0.2, -0.15) is 0 Å². The monoisotopic (exact) mass is 302 g/mol. The van der Waals surface area contributed by atoms with E-state index in [1.165, 1.54) is 17.3 Å². The maximum Gasteiger partial charge on any atom is 0.277 e. The third kappa shape index (κ3) is 3.30. The Kier molecular flexibility index (Phi) is 4.01. The number of aromatic nitrogens is 4. The topological polar surface area (TPSA) is 77.8 Å². The minimum Gasteiger partial charge on any atom is -0.424 e. The van der Waals surface area contributed by atoms with Crippen molar-refractivity contribution in [2.24, 2.45) is 0 Å². The van der Waals surface area contributed by atoms with Crippen LogP contribution in [0.4, 0.5) is 0 Å². The molecule has 0 atom stereocenters. The average Bonchev–Trinajstić information content (AvgIpc) is 3.15. The van der Waals surface area contributed by atoms with Crippen LogP contribution in [-0.2, 0) is 12.2 Å². The van der Waals surface area contributed by atoms with Gasteiger partial charge in [-0.1, -0.05) is 36.4 Å². The highest BCUT2D eigenvalue weighted by atomic mass is 32.2. The Morgan fingerprint density at radius 3 is 2.43 bits per heavy atom. The first-order valence-corrected chi connectivity index (χ1v) is 7.57. The average molecular weight is 302 g/mol. The number of hydrogen-bond donors (Lipinski definition) is 0. The van der Waals surface area contributed by atoms with Gasteiger partial charge in [0.25, 0.3) is 5.22 Å². The predicted octanol–water partition coefficient (Wildman–Crippen LogP) is 3.28.